The van der Waals surface area contributed by atoms with Gasteiger partial charge in [-0.25, -0.2) is 4.79 Å². The number of aromatic nitrogens is 4. The molecule has 1 atom stereocenters. The quantitative estimate of drug-likeness (QED) is 0.269. The standard InChI is InChI=1S/C28H38N6O3S/c1-19(2)15-23(18-38)27(35)29-13-14-34(28(36)37-17-20(3)4)16-21-9-11-22(12-10-21)24-7-5-6-8-25(24)26-30-32-33-31-26/h5-12,19-20,23,38H,13-18H2,1-4H3,(H,29,35)(H,30,31,32,33). The lowest BCUT2D eigenvalue weighted by Gasteiger charge is -2.24. The highest BCUT2D eigenvalue weighted by molar-refractivity contribution is 7.80. The summed E-state index contributed by atoms with van der Waals surface area (Å²) in [7, 11) is 0. The van der Waals surface area contributed by atoms with Crippen LogP contribution in [0.2, 0.25) is 0 Å². The third-order valence-corrected chi connectivity index (χ3v) is 6.42. The Labute approximate surface area is 230 Å². The van der Waals surface area contributed by atoms with E-state index in [2.05, 4.69) is 52.4 Å². The van der Waals surface area contributed by atoms with Crippen LogP contribution in [-0.4, -0.2) is 63.0 Å². The van der Waals surface area contributed by atoms with Gasteiger partial charge >= 0.3 is 6.09 Å². The van der Waals surface area contributed by atoms with E-state index in [9.17, 15) is 9.59 Å². The number of hydrogen-bond donors (Lipinski definition) is 3. The molecule has 0 aliphatic heterocycles. The van der Waals surface area contributed by atoms with E-state index in [0.29, 0.717) is 43.7 Å². The highest BCUT2D eigenvalue weighted by Gasteiger charge is 2.20. The molecule has 0 aliphatic rings. The Morgan fingerprint density at radius 3 is 2.34 bits per heavy atom. The molecule has 0 bridgehead atoms. The van der Waals surface area contributed by atoms with Gasteiger partial charge in [-0.15, -0.1) is 10.2 Å². The lowest BCUT2D eigenvalue weighted by atomic mass is 9.98. The van der Waals surface area contributed by atoms with Crippen LogP contribution in [0.5, 0.6) is 0 Å². The van der Waals surface area contributed by atoms with Crippen molar-refractivity contribution in [1.82, 2.24) is 30.8 Å². The molecule has 0 saturated heterocycles. The minimum Gasteiger partial charge on any atom is -0.449 e. The van der Waals surface area contributed by atoms with E-state index in [1.54, 1.807) is 4.90 Å². The van der Waals surface area contributed by atoms with Gasteiger partial charge in [-0.2, -0.15) is 17.8 Å². The number of tetrazole rings is 1. The molecule has 9 nitrogen and oxygen atoms in total. The summed E-state index contributed by atoms with van der Waals surface area (Å²) in [5.74, 6) is 1.47. The van der Waals surface area contributed by atoms with Gasteiger partial charge in [-0.1, -0.05) is 76.2 Å². The van der Waals surface area contributed by atoms with Crippen molar-refractivity contribution in [3.8, 4) is 22.5 Å². The molecule has 2 aromatic carbocycles. The Balaban J connectivity index is 1.69. The molecule has 204 valence electrons. The summed E-state index contributed by atoms with van der Waals surface area (Å²) in [5, 5.41) is 17.4. The number of H-pyrrole nitrogens is 1. The fourth-order valence-corrected chi connectivity index (χ4v) is 4.39. The number of aromatic amines is 1. The molecule has 0 spiro atoms. The molecular formula is C28H38N6O3S. The Morgan fingerprint density at radius 2 is 1.74 bits per heavy atom. The van der Waals surface area contributed by atoms with Crippen LogP contribution in [0.3, 0.4) is 0 Å². The fourth-order valence-electron chi connectivity index (χ4n) is 4.07. The lowest BCUT2D eigenvalue weighted by molar-refractivity contribution is -0.124. The molecule has 0 saturated carbocycles. The number of thiol groups is 1. The van der Waals surface area contributed by atoms with E-state index in [1.807, 2.05) is 62.4 Å². The summed E-state index contributed by atoms with van der Waals surface area (Å²) in [4.78, 5) is 27.1. The van der Waals surface area contributed by atoms with Crippen LogP contribution < -0.4 is 5.32 Å². The number of benzene rings is 2. The predicted molar refractivity (Wildman–Crippen MR) is 151 cm³/mol. The lowest BCUT2D eigenvalue weighted by Crippen LogP contribution is -2.41. The molecule has 1 unspecified atom stereocenters. The van der Waals surface area contributed by atoms with Crippen molar-refractivity contribution >= 4 is 24.6 Å². The van der Waals surface area contributed by atoms with Gasteiger partial charge in [-0.05, 0) is 40.2 Å². The zero-order valence-electron chi connectivity index (χ0n) is 22.6. The number of nitrogens with one attached hydrogen (secondary N) is 2. The van der Waals surface area contributed by atoms with Gasteiger partial charge in [0, 0.05) is 36.9 Å². The maximum atomic E-state index is 12.9. The number of nitrogens with zero attached hydrogens (tertiary/aromatic N) is 4. The van der Waals surface area contributed by atoms with Crippen LogP contribution >= 0.6 is 12.6 Å². The average molecular weight is 539 g/mol. The zero-order chi connectivity index (χ0) is 27.5. The van der Waals surface area contributed by atoms with E-state index in [-0.39, 0.29) is 17.7 Å². The monoisotopic (exact) mass is 538 g/mol. The molecule has 0 radical (unpaired) electrons. The zero-order valence-corrected chi connectivity index (χ0v) is 23.4. The second kappa shape index (κ2) is 14.5. The number of rotatable bonds is 13. The van der Waals surface area contributed by atoms with Gasteiger partial charge in [0.15, 0.2) is 0 Å². The highest BCUT2D eigenvalue weighted by Crippen LogP contribution is 2.29. The summed E-state index contributed by atoms with van der Waals surface area (Å²) < 4.78 is 5.51. The van der Waals surface area contributed by atoms with E-state index in [4.69, 9.17) is 4.74 Å². The molecule has 3 rings (SSSR count). The molecule has 10 heteroatoms. The van der Waals surface area contributed by atoms with E-state index < -0.39 is 6.09 Å². The van der Waals surface area contributed by atoms with E-state index in [1.165, 1.54) is 0 Å². The summed E-state index contributed by atoms with van der Waals surface area (Å²) in [6.45, 7) is 9.55. The fraction of sp³-hybridized carbons (Fsp3) is 0.464. The van der Waals surface area contributed by atoms with Gasteiger partial charge in [0.25, 0.3) is 0 Å². The molecule has 1 aromatic heterocycles. The average Bonchev–Trinajstić information content (AvgIpc) is 3.45. The number of ether oxygens (including phenoxy) is 1. The van der Waals surface area contributed by atoms with Crippen LogP contribution in [0.1, 0.15) is 39.7 Å². The van der Waals surface area contributed by atoms with E-state index in [0.717, 1.165) is 28.7 Å². The molecule has 0 aliphatic carbocycles. The number of carbonyl (C=O) groups is 2. The van der Waals surface area contributed by atoms with Crippen molar-refractivity contribution in [2.45, 2.75) is 40.7 Å². The molecule has 2 N–H and O–H groups in total. The van der Waals surface area contributed by atoms with Crippen LogP contribution in [0.15, 0.2) is 48.5 Å². The molecule has 1 heterocycles. The first-order valence-corrected chi connectivity index (χ1v) is 13.6. The maximum absolute atomic E-state index is 12.9. The molecule has 2 amide bonds. The third kappa shape index (κ3) is 8.58. The van der Waals surface area contributed by atoms with Crippen molar-refractivity contribution in [3.63, 3.8) is 0 Å². The summed E-state index contributed by atoms with van der Waals surface area (Å²) in [6, 6.07) is 15.9. The molecule has 0 fully saturated rings. The third-order valence-electron chi connectivity index (χ3n) is 5.98. The first kappa shape index (κ1) is 29.2. The smallest absolute Gasteiger partial charge is 0.410 e. The van der Waals surface area contributed by atoms with Gasteiger partial charge in [0.1, 0.15) is 0 Å². The Hall–Kier alpha value is -3.40. The molecule has 38 heavy (non-hydrogen) atoms. The Morgan fingerprint density at radius 1 is 1.03 bits per heavy atom. The second-order valence-corrected chi connectivity index (χ2v) is 10.5. The topological polar surface area (TPSA) is 113 Å². The van der Waals surface area contributed by atoms with Crippen molar-refractivity contribution in [2.24, 2.45) is 17.8 Å². The summed E-state index contributed by atoms with van der Waals surface area (Å²) in [5.41, 5.74) is 3.81. The SMILES string of the molecule is CC(C)COC(=O)N(CCNC(=O)C(CS)CC(C)C)Cc1ccc(-c2ccccc2-c2nn[nH]n2)cc1. The predicted octanol–water partition coefficient (Wildman–Crippen LogP) is 4.84. The number of hydrogen-bond acceptors (Lipinski definition) is 7. The first-order chi connectivity index (χ1) is 18.3. The van der Waals surface area contributed by atoms with Crippen molar-refractivity contribution in [3.05, 3.63) is 54.1 Å². The minimum atomic E-state index is -0.396. The Bertz CT molecular complexity index is 1150. The molecular weight excluding hydrogens is 500 g/mol. The summed E-state index contributed by atoms with van der Waals surface area (Å²) >= 11 is 4.34. The number of amides is 2. The van der Waals surface area contributed by atoms with Crippen molar-refractivity contribution < 1.29 is 14.3 Å². The minimum absolute atomic E-state index is 0.0335. The van der Waals surface area contributed by atoms with E-state index >= 15 is 0 Å². The Kier molecular flexibility index (Phi) is 11.1. The first-order valence-electron chi connectivity index (χ1n) is 13.0. The van der Waals surface area contributed by atoms with Crippen molar-refractivity contribution in [2.75, 3.05) is 25.4 Å². The highest BCUT2D eigenvalue weighted by atomic mass is 32.1. The van der Waals surface area contributed by atoms with Gasteiger partial charge < -0.3 is 15.0 Å². The van der Waals surface area contributed by atoms with Crippen LogP contribution in [0.25, 0.3) is 22.5 Å². The van der Waals surface area contributed by atoms with Crippen LogP contribution in [0.4, 0.5) is 4.79 Å². The second-order valence-electron chi connectivity index (χ2n) is 10.2. The van der Waals surface area contributed by atoms with Crippen LogP contribution in [-0.2, 0) is 16.1 Å². The largest absolute Gasteiger partial charge is 0.449 e. The van der Waals surface area contributed by atoms with Gasteiger partial charge in [0.2, 0.25) is 11.7 Å². The number of carbonyl (C=O) groups excluding carboxylic acids is 2. The normalized spacial score (nSPS) is 12.0. The van der Waals surface area contributed by atoms with Gasteiger partial charge in [-0.3, -0.25) is 4.79 Å². The van der Waals surface area contributed by atoms with Crippen molar-refractivity contribution in [1.29, 1.82) is 0 Å². The van der Waals surface area contributed by atoms with Gasteiger partial charge in [0.05, 0.1) is 6.61 Å². The molecule has 3 aromatic rings. The maximum Gasteiger partial charge on any atom is 0.410 e. The summed E-state index contributed by atoms with van der Waals surface area (Å²) in [6.07, 6.45) is 0.380. The van der Waals surface area contributed by atoms with Crippen LogP contribution in [0, 0.1) is 17.8 Å².